The van der Waals surface area contributed by atoms with Gasteiger partial charge in [0.25, 0.3) is 0 Å². The van der Waals surface area contributed by atoms with Crippen LogP contribution in [0.2, 0.25) is 0 Å². The minimum Gasteiger partial charge on any atom is -0.335 e. The summed E-state index contributed by atoms with van der Waals surface area (Å²) in [5.74, 6) is 0. The zero-order valence-corrected chi connectivity index (χ0v) is 16.5. The maximum absolute atomic E-state index is 12.7. The highest BCUT2D eigenvalue weighted by Crippen LogP contribution is 2.35. The number of urea groups is 2. The summed E-state index contributed by atoms with van der Waals surface area (Å²) in [4.78, 5) is 27.1. The summed E-state index contributed by atoms with van der Waals surface area (Å²) in [6.45, 7) is 0.557. The number of hydrogen-bond donors (Lipinski definition) is 3. The standard InChI is InChI=1S/C22H32N4O2/c27-21(24-17-9-5-2-6-10-17)25-18-13-19-11-12-20(14-18)26(19)22(28)23-15-16-7-3-1-4-8-16/h1,3-4,7-8,17-20H,2,5-6,9-15H2,(H,23,28)(H2,24,25,27)/t18?,19-,20+. The van der Waals surface area contributed by atoms with Gasteiger partial charge in [-0.15, -0.1) is 0 Å². The Morgan fingerprint density at radius 3 is 2.18 bits per heavy atom. The molecule has 28 heavy (non-hydrogen) atoms. The van der Waals surface area contributed by atoms with Crippen LogP contribution in [-0.4, -0.2) is 41.1 Å². The zero-order chi connectivity index (χ0) is 19.3. The number of amides is 4. The summed E-state index contributed by atoms with van der Waals surface area (Å²) in [6, 6.07) is 11.0. The zero-order valence-electron chi connectivity index (χ0n) is 16.5. The Morgan fingerprint density at radius 1 is 0.857 bits per heavy atom. The third-order valence-corrected chi connectivity index (χ3v) is 6.53. The molecule has 3 fully saturated rings. The molecule has 0 radical (unpaired) electrons. The van der Waals surface area contributed by atoms with Crippen LogP contribution >= 0.6 is 0 Å². The van der Waals surface area contributed by atoms with E-state index in [1.54, 1.807) is 0 Å². The van der Waals surface area contributed by atoms with Crippen molar-refractivity contribution in [3.63, 3.8) is 0 Å². The number of rotatable bonds is 4. The Hall–Kier alpha value is -2.24. The van der Waals surface area contributed by atoms with Crippen LogP contribution in [0.5, 0.6) is 0 Å². The molecule has 3 N–H and O–H groups in total. The summed E-state index contributed by atoms with van der Waals surface area (Å²) in [5.41, 5.74) is 1.11. The Labute approximate surface area is 167 Å². The van der Waals surface area contributed by atoms with E-state index in [0.717, 1.165) is 44.1 Å². The molecule has 0 spiro atoms. The van der Waals surface area contributed by atoms with Gasteiger partial charge in [0, 0.05) is 30.7 Å². The smallest absolute Gasteiger partial charge is 0.318 e. The van der Waals surface area contributed by atoms with Crippen LogP contribution in [0.1, 0.15) is 63.4 Å². The molecule has 1 aliphatic carbocycles. The molecule has 3 aliphatic rings. The minimum atomic E-state index is -0.0294. The highest BCUT2D eigenvalue weighted by molar-refractivity contribution is 5.76. The number of benzene rings is 1. The molecule has 1 unspecified atom stereocenters. The van der Waals surface area contributed by atoms with E-state index in [1.165, 1.54) is 19.3 Å². The molecule has 2 heterocycles. The van der Waals surface area contributed by atoms with Gasteiger partial charge in [-0.25, -0.2) is 9.59 Å². The van der Waals surface area contributed by atoms with Crippen LogP contribution < -0.4 is 16.0 Å². The molecule has 1 aromatic rings. The van der Waals surface area contributed by atoms with E-state index in [4.69, 9.17) is 0 Å². The maximum Gasteiger partial charge on any atom is 0.318 e. The number of carbonyl (C=O) groups is 2. The van der Waals surface area contributed by atoms with Gasteiger partial charge in [0.2, 0.25) is 0 Å². The van der Waals surface area contributed by atoms with Crippen molar-refractivity contribution in [3.8, 4) is 0 Å². The van der Waals surface area contributed by atoms with Crippen LogP contribution in [0, 0.1) is 0 Å². The lowest BCUT2D eigenvalue weighted by atomic mass is 9.95. The van der Waals surface area contributed by atoms with Gasteiger partial charge in [0.1, 0.15) is 0 Å². The average molecular weight is 385 g/mol. The number of hydrogen-bond acceptors (Lipinski definition) is 2. The third-order valence-electron chi connectivity index (χ3n) is 6.53. The van der Waals surface area contributed by atoms with Crippen molar-refractivity contribution in [2.24, 2.45) is 0 Å². The van der Waals surface area contributed by atoms with Crippen molar-refractivity contribution in [2.75, 3.05) is 0 Å². The SMILES string of the molecule is O=C(NC1CCCCC1)NC1C[C@H]2CC[C@@H](C1)N2C(=O)NCc1ccccc1. The normalized spacial score (nSPS) is 27.3. The highest BCUT2D eigenvalue weighted by Gasteiger charge is 2.43. The average Bonchev–Trinajstić information content (AvgIpc) is 2.98. The summed E-state index contributed by atoms with van der Waals surface area (Å²) in [6.07, 6.45) is 9.68. The van der Waals surface area contributed by atoms with Crippen LogP contribution in [-0.2, 0) is 6.54 Å². The lowest BCUT2D eigenvalue weighted by Gasteiger charge is -2.39. The molecule has 1 aromatic carbocycles. The molecule has 3 atom stereocenters. The molecular formula is C22H32N4O2. The second-order valence-electron chi connectivity index (χ2n) is 8.56. The van der Waals surface area contributed by atoms with Crippen LogP contribution in [0.15, 0.2) is 30.3 Å². The highest BCUT2D eigenvalue weighted by atomic mass is 16.2. The number of nitrogens with zero attached hydrogens (tertiary/aromatic N) is 1. The first kappa shape index (κ1) is 19.1. The predicted octanol–water partition coefficient (Wildman–Crippen LogP) is 3.52. The molecule has 6 heteroatoms. The van der Waals surface area contributed by atoms with E-state index in [9.17, 15) is 9.59 Å². The first-order chi connectivity index (χ1) is 13.7. The number of nitrogens with one attached hydrogen (secondary N) is 3. The van der Waals surface area contributed by atoms with Crippen LogP contribution in [0.4, 0.5) is 9.59 Å². The molecule has 2 saturated heterocycles. The van der Waals surface area contributed by atoms with Gasteiger partial charge in [-0.2, -0.15) is 0 Å². The Morgan fingerprint density at radius 2 is 1.50 bits per heavy atom. The van der Waals surface area contributed by atoms with Gasteiger partial charge in [-0.05, 0) is 44.1 Å². The van der Waals surface area contributed by atoms with Crippen LogP contribution in [0.3, 0.4) is 0 Å². The predicted molar refractivity (Wildman–Crippen MR) is 109 cm³/mol. The fourth-order valence-electron chi connectivity index (χ4n) is 5.15. The number of carbonyl (C=O) groups excluding carboxylic acids is 2. The molecule has 4 rings (SSSR count). The van der Waals surface area contributed by atoms with Crippen molar-refractivity contribution in [1.29, 1.82) is 0 Å². The topological polar surface area (TPSA) is 73.5 Å². The largest absolute Gasteiger partial charge is 0.335 e. The van der Waals surface area contributed by atoms with E-state index < -0.39 is 0 Å². The van der Waals surface area contributed by atoms with E-state index in [1.807, 2.05) is 35.2 Å². The third kappa shape index (κ3) is 4.59. The molecule has 152 valence electrons. The summed E-state index contributed by atoms with van der Waals surface area (Å²) >= 11 is 0. The molecule has 6 nitrogen and oxygen atoms in total. The molecule has 0 aromatic heterocycles. The molecule has 4 amide bonds. The first-order valence-corrected chi connectivity index (χ1v) is 10.9. The molecule has 1 saturated carbocycles. The second kappa shape index (κ2) is 8.84. The fourth-order valence-corrected chi connectivity index (χ4v) is 5.15. The van der Waals surface area contributed by atoms with Crippen molar-refractivity contribution in [3.05, 3.63) is 35.9 Å². The van der Waals surface area contributed by atoms with Gasteiger partial charge in [0.15, 0.2) is 0 Å². The van der Waals surface area contributed by atoms with E-state index in [2.05, 4.69) is 16.0 Å². The van der Waals surface area contributed by atoms with Crippen molar-refractivity contribution in [2.45, 2.75) is 88.5 Å². The Kier molecular flexibility index (Phi) is 6.03. The first-order valence-electron chi connectivity index (χ1n) is 10.9. The van der Waals surface area contributed by atoms with Crippen molar-refractivity contribution in [1.82, 2.24) is 20.9 Å². The number of fused-ring (bicyclic) bond motifs is 2. The van der Waals surface area contributed by atoms with E-state index >= 15 is 0 Å². The summed E-state index contributed by atoms with van der Waals surface area (Å²) < 4.78 is 0. The van der Waals surface area contributed by atoms with Crippen molar-refractivity contribution >= 4 is 12.1 Å². The quantitative estimate of drug-likeness (QED) is 0.743. The van der Waals surface area contributed by atoms with Crippen LogP contribution in [0.25, 0.3) is 0 Å². The summed E-state index contributed by atoms with van der Waals surface area (Å²) in [5, 5.41) is 9.39. The van der Waals surface area contributed by atoms with Gasteiger partial charge < -0.3 is 20.9 Å². The molecule has 2 bridgehead atoms. The lowest BCUT2D eigenvalue weighted by molar-refractivity contribution is 0.132. The van der Waals surface area contributed by atoms with Gasteiger partial charge in [-0.3, -0.25) is 0 Å². The summed E-state index contributed by atoms with van der Waals surface area (Å²) in [7, 11) is 0. The Bertz CT molecular complexity index is 660. The fraction of sp³-hybridized carbons (Fsp3) is 0.636. The van der Waals surface area contributed by atoms with Gasteiger partial charge in [-0.1, -0.05) is 49.6 Å². The van der Waals surface area contributed by atoms with Gasteiger partial charge in [0.05, 0.1) is 0 Å². The lowest BCUT2D eigenvalue weighted by Crippen LogP contribution is -2.56. The van der Waals surface area contributed by atoms with E-state index in [0.29, 0.717) is 12.6 Å². The molecule has 2 aliphatic heterocycles. The second-order valence-corrected chi connectivity index (χ2v) is 8.56. The van der Waals surface area contributed by atoms with E-state index in [-0.39, 0.29) is 30.2 Å². The number of piperidine rings is 1. The Balaban J connectivity index is 1.25. The molecular weight excluding hydrogens is 352 g/mol. The minimum absolute atomic E-state index is 0.0291. The maximum atomic E-state index is 12.7. The van der Waals surface area contributed by atoms with Gasteiger partial charge >= 0.3 is 12.1 Å². The van der Waals surface area contributed by atoms with Crippen molar-refractivity contribution < 1.29 is 9.59 Å². The monoisotopic (exact) mass is 384 g/mol.